The lowest BCUT2D eigenvalue weighted by atomic mass is 9.66. The van der Waals surface area contributed by atoms with E-state index in [0.717, 1.165) is 57.8 Å². The molecular formula is C24H41N3O4S. The first-order valence-corrected chi connectivity index (χ1v) is 14.5. The van der Waals surface area contributed by atoms with Crippen LogP contribution in [0.1, 0.15) is 78.6 Å². The van der Waals surface area contributed by atoms with Crippen LogP contribution in [0.15, 0.2) is 0 Å². The van der Waals surface area contributed by atoms with Crippen LogP contribution < -0.4 is 4.72 Å². The van der Waals surface area contributed by atoms with E-state index in [4.69, 9.17) is 0 Å². The van der Waals surface area contributed by atoms with Gasteiger partial charge in [-0.25, -0.2) is 13.1 Å². The van der Waals surface area contributed by atoms with Crippen molar-refractivity contribution < 1.29 is 18.0 Å². The zero-order chi connectivity index (χ0) is 23.2. The molecule has 32 heavy (non-hydrogen) atoms. The van der Waals surface area contributed by atoms with E-state index in [1.807, 2.05) is 0 Å². The third-order valence-electron chi connectivity index (χ3n) is 8.86. The van der Waals surface area contributed by atoms with Gasteiger partial charge in [0.1, 0.15) is 0 Å². The Morgan fingerprint density at radius 3 is 2.12 bits per heavy atom. The third kappa shape index (κ3) is 4.86. The van der Waals surface area contributed by atoms with Gasteiger partial charge in [0.05, 0.1) is 18.3 Å². The minimum absolute atomic E-state index is 0.0259. The molecule has 4 fully saturated rings. The highest BCUT2D eigenvalue weighted by molar-refractivity contribution is 7.88. The second-order valence-corrected chi connectivity index (χ2v) is 12.9. The van der Waals surface area contributed by atoms with Gasteiger partial charge in [-0.1, -0.05) is 13.3 Å². The Balaban J connectivity index is 1.47. The van der Waals surface area contributed by atoms with Crippen LogP contribution in [0.2, 0.25) is 0 Å². The lowest BCUT2D eigenvalue weighted by Gasteiger charge is -2.56. The minimum Gasteiger partial charge on any atom is -0.335 e. The van der Waals surface area contributed by atoms with Crippen LogP contribution in [0.25, 0.3) is 0 Å². The first-order chi connectivity index (χ1) is 15.0. The Morgan fingerprint density at radius 2 is 1.56 bits per heavy atom. The second kappa shape index (κ2) is 9.24. The fraction of sp³-hybridized carbons (Fsp3) is 0.917. The topological polar surface area (TPSA) is 86.8 Å². The molecule has 4 aliphatic rings. The molecule has 3 saturated carbocycles. The average Bonchev–Trinajstić information content (AvgIpc) is 2.65. The largest absolute Gasteiger partial charge is 0.335 e. The smallest absolute Gasteiger partial charge is 0.226 e. The van der Waals surface area contributed by atoms with E-state index in [-0.39, 0.29) is 36.0 Å². The molecule has 1 aliphatic heterocycles. The summed E-state index contributed by atoms with van der Waals surface area (Å²) in [5.41, 5.74) is 0. The molecular weight excluding hydrogens is 426 g/mol. The number of sulfonamides is 1. The summed E-state index contributed by atoms with van der Waals surface area (Å²) in [7, 11) is -3.19. The zero-order valence-corrected chi connectivity index (χ0v) is 20.9. The van der Waals surface area contributed by atoms with Crippen molar-refractivity contribution in [3.05, 3.63) is 0 Å². The quantitative estimate of drug-likeness (QED) is 0.689. The second-order valence-electron chi connectivity index (χ2n) is 11.1. The lowest BCUT2D eigenvalue weighted by molar-refractivity contribution is -0.159. The highest BCUT2D eigenvalue weighted by Gasteiger charge is 2.49. The molecule has 1 heterocycles. The van der Waals surface area contributed by atoms with E-state index in [1.54, 1.807) is 6.92 Å². The molecule has 0 aromatic rings. The van der Waals surface area contributed by atoms with Crippen molar-refractivity contribution in [2.24, 2.45) is 23.7 Å². The van der Waals surface area contributed by atoms with Crippen LogP contribution in [0.4, 0.5) is 0 Å². The van der Waals surface area contributed by atoms with E-state index in [9.17, 15) is 18.0 Å². The normalized spacial score (nSPS) is 38.7. The van der Waals surface area contributed by atoms with E-state index >= 15 is 0 Å². The molecule has 182 valence electrons. The zero-order valence-electron chi connectivity index (χ0n) is 20.1. The van der Waals surface area contributed by atoms with Gasteiger partial charge >= 0.3 is 0 Å². The Labute approximate surface area is 193 Å². The summed E-state index contributed by atoms with van der Waals surface area (Å²) < 4.78 is 26.2. The molecule has 7 atom stereocenters. The number of piperazine rings is 1. The summed E-state index contributed by atoms with van der Waals surface area (Å²) in [5, 5.41) is 0. The van der Waals surface area contributed by atoms with Crippen molar-refractivity contribution in [2.75, 3.05) is 12.8 Å². The van der Waals surface area contributed by atoms with Crippen LogP contribution in [0.3, 0.4) is 0 Å². The third-order valence-corrected chi connectivity index (χ3v) is 9.59. The molecule has 1 N–H and O–H groups in total. The van der Waals surface area contributed by atoms with Gasteiger partial charge in [0.15, 0.2) is 0 Å². The molecule has 0 aromatic carbocycles. The van der Waals surface area contributed by atoms with Crippen molar-refractivity contribution >= 4 is 21.8 Å². The highest BCUT2D eigenvalue weighted by atomic mass is 32.2. The van der Waals surface area contributed by atoms with Gasteiger partial charge in [0.2, 0.25) is 21.8 Å². The van der Waals surface area contributed by atoms with E-state index in [1.165, 1.54) is 6.26 Å². The molecule has 4 rings (SSSR count). The van der Waals surface area contributed by atoms with Gasteiger partial charge in [-0.3, -0.25) is 9.59 Å². The SMILES string of the molecule is CC(=O)N1C2CCC(C3CCC(NS(C)(=O)=O)C(C)C3)CC2N(C(=O)C2CCC2)C[C@@H]1C. The van der Waals surface area contributed by atoms with E-state index < -0.39 is 10.0 Å². The first-order valence-electron chi connectivity index (χ1n) is 12.6. The average molecular weight is 468 g/mol. The van der Waals surface area contributed by atoms with Crippen molar-refractivity contribution in [2.45, 2.75) is 103 Å². The number of fused-ring (bicyclic) bond motifs is 1. The van der Waals surface area contributed by atoms with Crippen molar-refractivity contribution in [1.29, 1.82) is 0 Å². The molecule has 8 heteroatoms. The number of carbonyl (C=O) groups excluding carboxylic acids is 2. The van der Waals surface area contributed by atoms with Gasteiger partial charge in [-0.2, -0.15) is 0 Å². The number of carbonyl (C=O) groups is 2. The summed E-state index contributed by atoms with van der Waals surface area (Å²) >= 11 is 0. The Bertz CT molecular complexity index is 827. The molecule has 6 unspecified atom stereocenters. The molecule has 0 bridgehead atoms. The lowest BCUT2D eigenvalue weighted by Crippen LogP contribution is -2.68. The number of hydrogen-bond acceptors (Lipinski definition) is 4. The van der Waals surface area contributed by atoms with E-state index in [0.29, 0.717) is 30.2 Å². The van der Waals surface area contributed by atoms with Crippen LogP contribution in [0.5, 0.6) is 0 Å². The maximum Gasteiger partial charge on any atom is 0.226 e. The molecule has 3 aliphatic carbocycles. The number of rotatable bonds is 4. The maximum absolute atomic E-state index is 13.3. The fourth-order valence-corrected chi connectivity index (χ4v) is 7.99. The number of amides is 2. The molecule has 0 spiro atoms. The van der Waals surface area contributed by atoms with Crippen LogP contribution >= 0.6 is 0 Å². The van der Waals surface area contributed by atoms with Crippen molar-refractivity contribution in [3.63, 3.8) is 0 Å². The van der Waals surface area contributed by atoms with Gasteiger partial charge < -0.3 is 9.80 Å². The maximum atomic E-state index is 13.3. The molecule has 1 saturated heterocycles. The molecule has 0 aromatic heterocycles. The summed E-state index contributed by atoms with van der Waals surface area (Å²) in [6.07, 6.45) is 10.4. The van der Waals surface area contributed by atoms with Gasteiger partial charge in [-0.15, -0.1) is 0 Å². The molecule has 2 amide bonds. The Morgan fingerprint density at radius 1 is 0.906 bits per heavy atom. The summed E-state index contributed by atoms with van der Waals surface area (Å²) in [6, 6.07) is 0.367. The van der Waals surface area contributed by atoms with Crippen molar-refractivity contribution in [1.82, 2.24) is 14.5 Å². The predicted octanol–water partition coefficient (Wildman–Crippen LogP) is 2.76. The predicted molar refractivity (Wildman–Crippen MR) is 124 cm³/mol. The van der Waals surface area contributed by atoms with Gasteiger partial charge in [0.25, 0.3) is 0 Å². The van der Waals surface area contributed by atoms with Crippen LogP contribution in [-0.4, -0.2) is 67.0 Å². The minimum atomic E-state index is -3.19. The number of hydrogen-bond donors (Lipinski definition) is 1. The van der Waals surface area contributed by atoms with Gasteiger partial charge in [-0.05, 0) is 76.0 Å². The van der Waals surface area contributed by atoms with Crippen LogP contribution in [0, 0.1) is 23.7 Å². The van der Waals surface area contributed by atoms with Crippen molar-refractivity contribution in [3.8, 4) is 0 Å². The standard InChI is InChI=1S/C24H41N3O4S/c1-15-12-19(8-10-21(15)25-32(4,30)31)20-9-11-22-23(13-20)26(24(29)18-6-5-7-18)14-16(2)27(22)17(3)28/h15-16,18-23,25H,5-14H2,1-4H3/t15?,16-,19?,20?,21?,22?,23?/m0/s1. The number of nitrogens with one attached hydrogen (secondary N) is 1. The fourth-order valence-electron chi connectivity index (χ4n) is 7.09. The van der Waals surface area contributed by atoms with E-state index in [2.05, 4.69) is 28.4 Å². The molecule has 7 nitrogen and oxygen atoms in total. The monoisotopic (exact) mass is 467 g/mol. The Hall–Kier alpha value is -1.15. The van der Waals surface area contributed by atoms with Crippen LogP contribution in [-0.2, 0) is 19.6 Å². The Kier molecular flexibility index (Phi) is 6.93. The summed E-state index contributed by atoms with van der Waals surface area (Å²) in [4.78, 5) is 30.0. The summed E-state index contributed by atoms with van der Waals surface area (Å²) in [5.74, 6) is 2.05. The van der Waals surface area contributed by atoms with Gasteiger partial charge in [0, 0.05) is 31.5 Å². The number of nitrogens with zero attached hydrogens (tertiary/aromatic N) is 2. The summed E-state index contributed by atoms with van der Waals surface area (Å²) in [6.45, 7) is 6.57. The first kappa shape index (κ1) is 24.0. The highest BCUT2D eigenvalue weighted by Crippen LogP contribution is 2.45. The molecule has 0 radical (unpaired) electrons.